The highest BCUT2D eigenvalue weighted by atomic mass is 16.5. The molecule has 1 rings (SSSR count). The van der Waals surface area contributed by atoms with Crippen LogP contribution in [0, 0.1) is 22.7 Å². The standard InChI is InChI=1S/C55H107N3O5/c1-10-14-22-32-49(33-23-15-11-2)36-30-46-62-52(60)54(5,6)38-26-18-20-28-40-58(51(59)48-57-44-42-56(9)43-45-57)41-29-21-19-27-39-55(7,8)53(61)63-47-31-37-50(34-24-16-12-3)35-25-17-13-4/h49-50H,10-48H2,1-9H3. The number of carbonyl (C=O) groups excluding carboxylic acids is 3. The zero-order valence-electron chi connectivity index (χ0n) is 43.6. The number of piperazine rings is 1. The van der Waals surface area contributed by atoms with Gasteiger partial charge in [-0.05, 0) is 97.9 Å². The smallest absolute Gasteiger partial charge is 0.311 e. The van der Waals surface area contributed by atoms with Gasteiger partial charge in [-0.1, -0.05) is 169 Å². The van der Waals surface area contributed by atoms with Crippen molar-refractivity contribution in [3.05, 3.63) is 0 Å². The molecule has 0 aliphatic carbocycles. The minimum absolute atomic E-state index is 0.0509. The summed E-state index contributed by atoms with van der Waals surface area (Å²) in [4.78, 5) is 46.6. The summed E-state index contributed by atoms with van der Waals surface area (Å²) in [6.07, 6.45) is 35.1. The first-order valence-electron chi connectivity index (χ1n) is 27.3. The van der Waals surface area contributed by atoms with Gasteiger partial charge in [-0.2, -0.15) is 0 Å². The molecule has 0 N–H and O–H groups in total. The van der Waals surface area contributed by atoms with Crippen molar-refractivity contribution in [2.24, 2.45) is 22.7 Å². The molecule has 1 aliphatic rings. The predicted octanol–water partition coefficient (Wildman–Crippen LogP) is 14.2. The predicted molar refractivity (Wildman–Crippen MR) is 268 cm³/mol. The number of rotatable bonds is 42. The first-order chi connectivity index (χ1) is 30.3. The van der Waals surface area contributed by atoms with E-state index in [9.17, 15) is 14.4 Å². The third-order valence-electron chi connectivity index (χ3n) is 14.2. The first-order valence-corrected chi connectivity index (χ1v) is 27.3. The molecule has 0 atom stereocenters. The lowest BCUT2D eigenvalue weighted by molar-refractivity contribution is -0.155. The minimum atomic E-state index is -0.466. The van der Waals surface area contributed by atoms with E-state index in [0.717, 1.165) is 128 Å². The molecule has 8 heteroatoms. The van der Waals surface area contributed by atoms with Crippen molar-refractivity contribution in [1.82, 2.24) is 14.7 Å². The number of carbonyl (C=O) groups is 3. The van der Waals surface area contributed by atoms with Crippen molar-refractivity contribution in [3.63, 3.8) is 0 Å². The highest BCUT2D eigenvalue weighted by Gasteiger charge is 2.30. The van der Waals surface area contributed by atoms with E-state index in [0.29, 0.717) is 19.8 Å². The third kappa shape index (κ3) is 30.3. The van der Waals surface area contributed by atoms with Crippen molar-refractivity contribution in [3.8, 4) is 0 Å². The fraction of sp³-hybridized carbons (Fsp3) is 0.945. The molecule has 0 unspecified atom stereocenters. The van der Waals surface area contributed by atoms with Gasteiger partial charge in [-0.15, -0.1) is 0 Å². The molecule has 0 radical (unpaired) electrons. The second-order valence-electron chi connectivity index (χ2n) is 21.3. The van der Waals surface area contributed by atoms with E-state index < -0.39 is 10.8 Å². The monoisotopic (exact) mass is 890 g/mol. The number of hydrogen-bond donors (Lipinski definition) is 0. The van der Waals surface area contributed by atoms with Crippen LogP contribution >= 0.6 is 0 Å². The van der Waals surface area contributed by atoms with Gasteiger partial charge >= 0.3 is 11.9 Å². The average molecular weight is 890 g/mol. The van der Waals surface area contributed by atoms with Crippen LogP contribution in [0.3, 0.4) is 0 Å². The van der Waals surface area contributed by atoms with Gasteiger partial charge in [0, 0.05) is 39.3 Å². The molecule has 0 spiro atoms. The Labute approximate surface area is 391 Å². The Morgan fingerprint density at radius 1 is 0.476 bits per heavy atom. The molecule has 1 heterocycles. The van der Waals surface area contributed by atoms with Gasteiger partial charge in [0.2, 0.25) is 5.91 Å². The van der Waals surface area contributed by atoms with Crippen molar-refractivity contribution in [2.45, 2.75) is 248 Å². The molecule has 1 amide bonds. The molecule has 1 aliphatic heterocycles. The van der Waals surface area contributed by atoms with Crippen LogP contribution < -0.4 is 0 Å². The topological polar surface area (TPSA) is 79.4 Å². The summed E-state index contributed by atoms with van der Waals surface area (Å²) < 4.78 is 11.7. The van der Waals surface area contributed by atoms with E-state index in [1.807, 2.05) is 27.7 Å². The van der Waals surface area contributed by atoms with Crippen LogP contribution in [0.4, 0.5) is 0 Å². The Balaban J connectivity index is 2.47. The van der Waals surface area contributed by atoms with E-state index >= 15 is 0 Å². The van der Waals surface area contributed by atoms with Crippen LogP contribution in [0.15, 0.2) is 0 Å². The number of hydrogen-bond acceptors (Lipinski definition) is 7. The lowest BCUT2D eigenvalue weighted by atomic mass is 9.87. The van der Waals surface area contributed by atoms with Gasteiger partial charge in [0.05, 0.1) is 30.6 Å². The molecule has 1 fully saturated rings. The Morgan fingerprint density at radius 2 is 0.825 bits per heavy atom. The normalized spacial score (nSPS) is 14.2. The van der Waals surface area contributed by atoms with E-state index in [2.05, 4.69) is 49.4 Å². The van der Waals surface area contributed by atoms with Crippen LogP contribution in [0.2, 0.25) is 0 Å². The fourth-order valence-electron chi connectivity index (χ4n) is 9.37. The van der Waals surface area contributed by atoms with Crippen molar-refractivity contribution < 1.29 is 23.9 Å². The molecule has 0 aromatic heterocycles. The Hall–Kier alpha value is -1.67. The van der Waals surface area contributed by atoms with Gasteiger partial charge in [0.1, 0.15) is 0 Å². The van der Waals surface area contributed by atoms with E-state index in [-0.39, 0.29) is 17.8 Å². The van der Waals surface area contributed by atoms with E-state index in [1.165, 1.54) is 116 Å². The van der Waals surface area contributed by atoms with Gasteiger partial charge in [0.15, 0.2) is 0 Å². The van der Waals surface area contributed by atoms with E-state index in [1.54, 1.807) is 0 Å². The SMILES string of the molecule is CCCCCC(CCCCC)CCCOC(=O)C(C)(C)CCCCCCN(CCCCCCC(C)(C)C(=O)OCCCC(CCCCC)CCCCC)C(=O)CN1CCN(C)CC1. The Morgan fingerprint density at radius 3 is 1.19 bits per heavy atom. The lowest BCUT2D eigenvalue weighted by Gasteiger charge is -2.33. The summed E-state index contributed by atoms with van der Waals surface area (Å²) in [7, 11) is 2.16. The van der Waals surface area contributed by atoms with Gasteiger partial charge in [-0.3, -0.25) is 19.3 Å². The van der Waals surface area contributed by atoms with Gasteiger partial charge in [-0.25, -0.2) is 0 Å². The summed E-state index contributed by atoms with van der Waals surface area (Å²) in [5, 5.41) is 0. The number of amides is 1. The second kappa shape index (κ2) is 37.4. The maximum atomic E-state index is 13.6. The number of nitrogens with zero attached hydrogens (tertiary/aromatic N) is 3. The molecule has 8 nitrogen and oxygen atoms in total. The lowest BCUT2D eigenvalue weighted by Crippen LogP contribution is -2.49. The van der Waals surface area contributed by atoms with Gasteiger partial charge < -0.3 is 19.3 Å². The van der Waals surface area contributed by atoms with Crippen LogP contribution in [0.1, 0.15) is 248 Å². The van der Waals surface area contributed by atoms with Gasteiger partial charge in [0.25, 0.3) is 0 Å². The maximum Gasteiger partial charge on any atom is 0.311 e. The molecular weight excluding hydrogens is 783 g/mol. The number of likely N-dealkylation sites (N-methyl/N-ethyl adjacent to an activating group) is 1. The number of unbranched alkanes of at least 4 members (excludes halogenated alkanes) is 14. The largest absolute Gasteiger partial charge is 0.465 e. The van der Waals surface area contributed by atoms with Crippen molar-refractivity contribution >= 4 is 17.8 Å². The van der Waals surface area contributed by atoms with Crippen LogP contribution in [-0.2, 0) is 23.9 Å². The molecule has 372 valence electrons. The number of ether oxygens (including phenoxy) is 2. The molecule has 0 aromatic rings. The maximum absolute atomic E-state index is 13.6. The zero-order valence-corrected chi connectivity index (χ0v) is 43.6. The second-order valence-corrected chi connectivity index (χ2v) is 21.3. The third-order valence-corrected chi connectivity index (χ3v) is 14.2. The molecule has 1 saturated heterocycles. The number of esters is 2. The highest BCUT2D eigenvalue weighted by molar-refractivity contribution is 5.78. The summed E-state index contributed by atoms with van der Waals surface area (Å²) in [6.45, 7) is 24.4. The van der Waals surface area contributed by atoms with Crippen LogP contribution in [0.5, 0.6) is 0 Å². The zero-order chi connectivity index (χ0) is 46.6. The van der Waals surface area contributed by atoms with Crippen molar-refractivity contribution in [1.29, 1.82) is 0 Å². The molecular formula is C55H107N3O5. The molecule has 0 saturated carbocycles. The quantitative estimate of drug-likeness (QED) is 0.0446. The van der Waals surface area contributed by atoms with Crippen LogP contribution in [-0.4, -0.2) is 98.6 Å². The first kappa shape index (κ1) is 59.3. The highest BCUT2D eigenvalue weighted by Crippen LogP contribution is 2.29. The van der Waals surface area contributed by atoms with Crippen molar-refractivity contribution in [2.75, 3.05) is 66.1 Å². The molecule has 63 heavy (non-hydrogen) atoms. The summed E-state index contributed by atoms with van der Waals surface area (Å²) >= 11 is 0. The summed E-state index contributed by atoms with van der Waals surface area (Å²) in [6, 6.07) is 0. The summed E-state index contributed by atoms with van der Waals surface area (Å²) in [5.41, 5.74) is -0.932. The fourth-order valence-corrected chi connectivity index (χ4v) is 9.37. The summed E-state index contributed by atoms with van der Waals surface area (Å²) in [5.74, 6) is 1.70. The van der Waals surface area contributed by atoms with E-state index in [4.69, 9.17) is 9.47 Å². The Kier molecular flexibility index (Phi) is 35.3. The molecule has 0 bridgehead atoms. The molecule has 0 aromatic carbocycles. The average Bonchev–Trinajstić information content (AvgIpc) is 3.25. The minimum Gasteiger partial charge on any atom is -0.465 e. The van der Waals surface area contributed by atoms with Crippen LogP contribution in [0.25, 0.3) is 0 Å². The Bertz CT molecular complexity index is 1030.